The molecule has 0 saturated carbocycles. The highest BCUT2D eigenvalue weighted by Crippen LogP contribution is 2.22. The number of rotatable bonds is 5. The third-order valence-electron chi connectivity index (χ3n) is 2.27. The van der Waals surface area contributed by atoms with E-state index in [-0.39, 0.29) is 6.04 Å². The minimum absolute atomic E-state index is 0.374. The molecule has 1 aromatic heterocycles. The Balaban J connectivity index is 2.59. The molecule has 0 radical (unpaired) electrons. The molecule has 0 aliphatic heterocycles. The number of methoxy groups -OCH3 is 1. The number of nitrogens with zero attached hydrogens (tertiary/aromatic N) is 1. The number of ether oxygens (including phenoxy) is 1. The van der Waals surface area contributed by atoms with Gasteiger partial charge in [0.1, 0.15) is 5.75 Å². The number of hydrogen-bond acceptors (Lipinski definition) is 3. The molecule has 2 N–H and O–H groups in total. The first-order chi connectivity index (χ1) is 8.54. The molecule has 0 bridgehead atoms. The first kappa shape index (κ1) is 14.1. The molecule has 0 aliphatic rings. The Morgan fingerprint density at radius 1 is 1.56 bits per heavy atom. The van der Waals surface area contributed by atoms with E-state index in [1.807, 2.05) is 0 Å². The molecule has 0 saturated heterocycles. The van der Waals surface area contributed by atoms with Crippen LogP contribution in [0.3, 0.4) is 0 Å². The van der Waals surface area contributed by atoms with Crippen LogP contribution in [0.25, 0.3) is 0 Å². The van der Waals surface area contributed by atoms with Crippen molar-refractivity contribution in [3.8, 4) is 5.75 Å². The number of pyridine rings is 1. The molecule has 1 heterocycles. The Bertz CT molecular complexity index is 402. The number of alkyl halides is 2. The van der Waals surface area contributed by atoms with Gasteiger partial charge in [0.05, 0.1) is 25.9 Å². The van der Waals surface area contributed by atoms with Gasteiger partial charge in [0.25, 0.3) is 6.43 Å². The Hall–Kier alpha value is -1.92. The van der Waals surface area contributed by atoms with Crippen LogP contribution in [0, 0.1) is 0 Å². The standard InChI is InChI=1S/C11H15F2N3O2/c1-7(16-11(17)15-6-10(12)13)8-3-4-14-5-9(8)18-2/h3-5,7,10H,6H2,1-2H3,(H2,15,16,17)/t7-/m1/s1. The average molecular weight is 259 g/mol. The molecule has 1 atom stereocenters. The molecule has 0 unspecified atom stereocenters. The molecule has 0 aromatic carbocycles. The number of nitrogens with one attached hydrogen (secondary N) is 2. The van der Waals surface area contributed by atoms with E-state index in [1.165, 1.54) is 13.3 Å². The molecule has 0 aliphatic carbocycles. The molecule has 1 aromatic rings. The summed E-state index contributed by atoms with van der Waals surface area (Å²) in [5, 5.41) is 4.60. The monoisotopic (exact) mass is 259 g/mol. The normalized spacial score (nSPS) is 12.1. The van der Waals surface area contributed by atoms with Gasteiger partial charge in [-0.2, -0.15) is 0 Å². The van der Waals surface area contributed by atoms with Gasteiger partial charge in [0, 0.05) is 11.8 Å². The predicted molar refractivity (Wildman–Crippen MR) is 61.7 cm³/mol. The zero-order chi connectivity index (χ0) is 13.5. The molecule has 0 spiro atoms. The molecule has 5 nitrogen and oxygen atoms in total. The number of carbonyl (C=O) groups excluding carboxylic acids is 1. The van der Waals surface area contributed by atoms with Crippen molar-refractivity contribution in [1.29, 1.82) is 0 Å². The number of halogens is 2. The van der Waals surface area contributed by atoms with Gasteiger partial charge < -0.3 is 15.4 Å². The zero-order valence-electron chi connectivity index (χ0n) is 10.1. The van der Waals surface area contributed by atoms with Crippen molar-refractivity contribution < 1.29 is 18.3 Å². The Labute approximate surface area is 104 Å². The zero-order valence-corrected chi connectivity index (χ0v) is 10.1. The van der Waals surface area contributed by atoms with Crippen LogP contribution in [0.4, 0.5) is 13.6 Å². The molecule has 7 heteroatoms. The number of aromatic nitrogens is 1. The van der Waals surface area contributed by atoms with Crippen LogP contribution in [-0.4, -0.2) is 31.1 Å². The third-order valence-corrected chi connectivity index (χ3v) is 2.27. The van der Waals surface area contributed by atoms with Crippen molar-refractivity contribution >= 4 is 6.03 Å². The van der Waals surface area contributed by atoms with Crippen LogP contribution < -0.4 is 15.4 Å². The fourth-order valence-electron chi connectivity index (χ4n) is 1.41. The number of hydrogen-bond donors (Lipinski definition) is 2. The van der Waals surface area contributed by atoms with Gasteiger partial charge in [0.15, 0.2) is 0 Å². The van der Waals surface area contributed by atoms with Crippen LogP contribution >= 0.6 is 0 Å². The highest BCUT2D eigenvalue weighted by atomic mass is 19.3. The molecular formula is C11H15F2N3O2. The van der Waals surface area contributed by atoms with E-state index in [1.54, 1.807) is 19.2 Å². The highest BCUT2D eigenvalue weighted by molar-refractivity contribution is 5.74. The van der Waals surface area contributed by atoms with Crippen LogP contribution in [-0.2, 0) is 0 Å². The maximum atomic E-state index is 11.9. The second kappa shape index (κ2) is 6.73. The molecular weight excluding hydrogens is 244 g/mol. The van der Waals surface area contributed by atoms with Gasteiger partial charge in [-0.05, 0) is 13.0 Å². The Morgan fingerprint density at radius 2 is 2.28 bits per heavy atom. The SMILES string of the molecule is COc1cnccc1[C@@H](C)NC(=O)NCC(F)F. The molecule has 0 fully saturated rings. The predicted octanol–water partition coefficient (Wildman–Crippen LogP) is 1.72. The van der Waals surface area contributed by atoms with Gasteiger partial charge in [-0.1, -0.05) is 0 Å². The van der Waals surface area contributed by atoms with Crippen LogP contribution in [0.5, 0.6) is 5.75 Å². The molecule has 18 heavy (non-hydrogen) atoms. The fourth-order valence-corrected chi connectivity index (χ4v) is 1.41. The third kappa shape index (κ3) is 4.15. The summed E-state index contributed by atoms with van der Waals surface area (Å²) in [5.74, 6) is 0.527. The average Bonchev–Trinajstić information content (AvgIpc) is 2.36. The smallest absolute Gasteiger partial charge is 0.315 e. The van der Waals surface area contributed by atoms with Crippen LogP contribution in [0.2, 0.25) is 0 Å². The Kier molecular flexibility index (Phi) is 5.29. The quantitative estimate of drug-likeness (QED) is 0.846. The lowest BCUT2D eigenvalue weighted by Crippen LogP contribution is -2.39. The van der Waals surface area contributed by atoms with Gasteiger partial charge in [-0.15, -0.1) is 0 Å². The topological polar surface area (TPSA) is 63.2 Å². The van der Waals surface area contributed by atoms with E-state index in [0.29, 0.717) is 5.75 Å². The van der Waals surface area contributed by atoms with Crippen LogP contribution in [0.1, 0.15) is 18.5 Å². The lowest BCUT2D eigenvalue weighted by Gasteiger charge is -2.17. The second-order valence-electron chi connectivity index (χ2n) is 3.58. The van der Waals surface area contributed by atoms with E-state index in [0.717, 1.165) is 5.56 Å². The van der Waals surface area contributed by atoms with Crippen molar-refractivity contribution in [2.45, 2.75) is 19.4 Å². The summed E-state index contributed by atoms with van der Waals surface area (Å²) in [6.07, 6.45) is 0.513. The summed E-state index contributed by atoms with van der Waals surface area (Å²) in [6, 6.07) is 0.666. The van der Waals surface area contributed by atoms with Gasteiger partial charge in [-0.25, -0.2) is 13.6 Å². The molecule has 1 rings (SSSR count). The van der Waals surface area contributed by atoms with Gasteiger partial charge >= 0.3 is 6.03 Å². The van der Waals surface area contributed by atoms with Gasteiger partial charge in [-0.3, -0.25) is 4.98 Å². The summed E-state index contributed by atoms with van der Waals surface area (Å²) in [6.45, 7) is 1.05. The van der Waals surface area contributed by atoms with E-state index in [4.69, 9.17) is 4.74 Å². The van der Waals surface area contributed by atoms with Crippen molar-refractivity contribution in [2.24, 2.45) is 0 Å². The highest BCUT2D eigenvalue weighted by Gasteiger charge is 2.14. The first-order valence-corrected chi connectivity index (χ1v) is 5.35. The van der Waals surface area contributed by atoms with Crippen molar-refractivity contribution in [1.82, 2.24) is 15.6 Å². The van der Waals surface area contributed by atoms with Crippen molar-refractivity contribution in [3.63, 3.8) is 0 Å². The number of urea groups is 1. The summed E-state index contributed by atoms with van der Waals surface area (Å²) >= 11 is 0. The molecule has 100 valence electrons. The van der Waals surface area contributed by atoms with E-state index < -0.39 is 19.0 Å². The minimum atomic E-state index is -2.57. The van der Waals surface area contributed by atoms with E-state index in [2.05, 4.69) is 15.6 Å². The Morgan fingerprint density at radius 3 is 2.89 bits per heavy atom. The lowest BCUT2D eigenvalue weighted by atomic mass is 10.1. The summed E-state index contributed by atoms with van der Waals surface area (Å²) in [7, 11) is 1.49. The number of carbonyl (C=O) groups is 1. The molecule has 2 amide bonds. The maximum absolute atomic E-state index is 11.9. The largest absolute Gasteiger partial charge is 0.495 e. The maximum Gasteiger partial charge on any atom is 0.315 e. The fraction of sp³-hybridized carbons (Fsp3) is 0.455. The van der Waals surface area contributed by atoms with Crippen molar-refractivity contribution in [2.75, 3.05) is 13.7 Å². The summed E-state index contributed by atoms with van der Waals surface area (Å²) in [5.41, 5.74) is 0.722. The van der Waals surface area contributed by atoms with E-state index >= 15 is 0 Å². The van der Waals surface area contributed by atoms with E-state index in [9.17, 15) is 13.6 Å². The number of amides is 2. The van der Waals surface area contributed by atoms with Gasteiger partial charge in [0.2, 0.25) is 0 Å². The van der Waals surface area contributed by atoms with Crippen molar-refractivity contribution in [3.05, 3.63) is 24.0 Å². The summed E-state index contributed by atoms with van der Waals surface area (Å²) in [4.78, 5) is 15.2. The van der Waals surface area contributed by atoms with Crippen LogP contribution in [0.15, 0.2) is 18.5 Å². The minimum Gasteiger partial charge on any atom is -0.495 e. The first-order valence-electron chi connectivity index (χ1n) is 5.35. The summed E-state index contributed by atoms with van der Waals surface area (Å²) < 4.78 is 28.9. The lowest BCUT2D eigenvalue weighted by molar-refractivity contribution is 0.146. The second-order valence-corrected chi connectivity index (χ2v) is 3.58.